The summed E-state index contributed by atoms with van der Waals surface area (Å²) in [6.07, 6.45) is 3.25. The molecule has 90 valence electrons. The van der Waals surface area contributed by atoms with E-state index in [9.17, 15) is 0 Å². The van der Waals surface area contributed by atoms with Crippen LogP contribution in [0.5, 0.6) is 0 Å². The molecule has 2 rings (SSSR count). The van der Waals surface area contributed by atoms with Crippen molar-refractivity contribution in [3.05, 3.63) is 11.7 Å². The lowest BCUT2D eigenvalue weighted by Gasteiger charge is -2.08. The molecule has 2 atom stereocenters. The van der Waals surface area contributed by atoms with Gasteiger partial charge in [0.1, 0.15) is 6.10 Å². The van der Waals surface area contributed by atoms with Gasteiger partial charge in [0.25, 0.3) is 0 Å². The second-order valence-electron chi connectivity index (χ2n) is 4.43. The smallest absolute Gasteiger partial charge is 0.226 e. The van der Waals surface area contributed by atoms with E-state index in [0.29, 0.717) is 30.5 Å². The molecule has 0 aliphatic heterocycles. The summed E-state index contributed by atoms with van der Waals surface area (Å²) in [7, 11) is 1.68. The lowest BCUT2D eigenvalue weighted by atomic mass is 10.2. The maximum Gasteiger partial charge on any atom is 0.226 e. The molecule has 1 aromatic rings. The van der Waals surface area contributed by atoms with Crippen LogP contribution in [0.2, 0.25) is 0 Å². The molecule has 0 radical (unpaired) electrons. The number of hydrogen-bond acceptors (Lipinski definition) is 5. The molecular formula is C11H18N2O3. The largest absolute Gasteiger partial charge is 0.393 e. The van der Waals surface area contributed by atoms with E-state index in [4.69, 9.17) is 14.4 Å². The summed E-state index contributed by atoms with van der Waals surface area (Å²) in [5, 5.41) is 13.1. The summed E-state index contributed by atoms with van der Waals surface area (Å²) in [4.78, 5) is 4.30. The number of aryl methyl sites for hydroxylation is 1. The van der Waals surface area contributed by atoms with Crippen molar-refractivity contribution in [3.63, 3.8) is 0 Å². The van der Waals surface area contributed by atoms with Gasteiger partial charge < -0.3 is 14.4 Å². The van der Waals surface area contributed by atoms with Crippen molar-refractivity contribution < 1.29 is 14.4 Å². The summed E-state index contributed by atoms with van der Waals surface area (Å²) >= 11 is 0. The van der Waals surface area contributed by atoms with Crippen LogP contribution in [-0.2, 0) is 11.2 Å². The molecule has 1 N–H and O–H groups in total. The zero-order chi connectivity index (χ0) is 11.5. The van der Waals surface area contributed by atoms with Crippen LogP contribution in [0.25, 0.3) is 0 Å². The first-order chi connectivity index (χ1) is 7.70. The molecule has 1 fully saturated rings. The van der Waals surface area contributed by atoms with E-state index in [0.717, 1.165) is 0 Å². The third kappa shape index (κ3) is 2.80. The molecule has 1 saturated carbocycles. The number of aliphatic hydroxyl groups excluding tert-OH is 1. The Hall–Kier alpha value is -0.940. The van der Waals surface area contributed by atoms with Gasteiger partial charge in [-0.05, 0) is 32.1 Å². The lowest BCUT2D eigenvalue weighted by molar-refractivity contribution is 0.0751. The summed E-state index contributed by atoms with van der Waals surface area (Å²) in [6.45, 7) is 1.75. The molecule has 16 heavy (non-hydrogen) atoms. The van der Waals surface area contributed by atoms with Crippen molar-refractivity contribution in [3.8, 4) is 0 Å². The van der Waals surface area contributed by atoms with E-state index in [1.165, 1.54) is 12.8 Å². The Morgan fingerprint density at radius 3 is 2.88 bits per heavy atom. The van der Waals surface area contributed by atoms with Crippen LogP contribution in [0.3, 0.4) is 0 Å². The number of aromatic nitrogens is 2. The highest BCUT2D eigenvalue weighted by Crippen LogP contribution is 2.41. The predicted molar refractivity (Wildman–Crippen MR) is 56.8 cm³/mol. The van der Waals surface area contributed by atoms with Gasteiger partial charge in [0, 0.05) is 13.5 Å². The Bertz CT molecular complexity index is 334. The van der Waals surface area contributed by atoms with Crippen molar-refractivity contribution >= 4 is 0 Å². The maximum atomic E-state index is 9.16. The van der Waals surface area contributed by atoms with E-state index < -0.39 is 0 Å². The van der Waals surface area contributed by atoms with Gasteiger partial charge in [-0.3, -0.25) is 0 Å². The van der Waals surface area contributed by atoms with E-state index in [1.807, 2.05) is 0 Å². The van der Waals surface area contributed by atoms with Crippen LogP contribution in [0.15, 0.2) is 4.52 Å². The van der Waals surface area contributed by atoms with Crippen LogP contribution in [-0.4, -0.2) is 28.5 Å². The Balaban J connectivity index is 1.95. The topological polar surface area (TPSA) is 68.4 Å². The number of hydrogen-bond donors (Lipinski definition) is 1. The van der Waals surface area contributed by atoms with Crippen LogP contribution in [0.4, 0.5) is 0 Å². The fourth-order valence-electron chi connectivity index (χ4n) is 1.73. The Kier molecular flexibility index (Phi) is 3.56. The normalized spacial score (nSPS) is 19.7. The number of ether oxygens (including phenoxy) is 1. The summed E-state index contributed by atoms with van der Waals surface area (Å²) in [5.41, 5.74) is 0. The SMILES string of the molecule is COC(c1noc(CCC(C)O)n1)C1CC1. The highest BCUT2D eigenvalue weighted by atomic mass is 16.5. The molecule has 1 heterocycles. The minimum atomic E-state index is -0.336. The van der Waals surface area contributed by atoms with Crippen molar-refractivity contribution in [1.29, 1.82) is 0 Å². The van der Waals surface area contributed by atoms with Crippen molar-refractivity contribution in [2.45, 2.75) is 44.8 Å². The highest BCUT2D eigenvalue weighted by Gasteiger charge is 2.35. The summed E-state index contributed by atoms with van der Waals surface area (Å²) in [5.74, 6) is 1.77. The molecule has 2 unspecified atom stereocenters. The molecular weight excluding hydrogens is 208 g/mol. The van der Waals surface area contributed by atoms with Crippen LogP contribution in [0.1, 0.15) is 44.0 Å². The van der Waals surface area contributed by atoms with Gasteiger partial charge in [-0.25, -0.2) is 0 Å². The fraction of sp³-hybridized carbons (Fsp3) is 0.818. The molecule has 0 spiro atoms. The molecule has 1 aromatic heterocycles. The van der Waals surface area contributed by atoms with E-state index in [-0.39, 0.29) is 12.2 Å². The second-order valence-corrected chi connectivity index (χ2v) is 4.43. The third-order valence-electron chi connectivity index (χ3n) is 2.82. The number of aliphatic hydroxyl groups is 1. The van der Waals surface area contributed by atoms with Crippen molar-refractivity contribution in [2.24, 2.45) is 5.92 Å². The minimum Gasteiger partial charge on any atom is -0.393 e. The average Bonchev–Trinajstić information content (AvgIpc) is 2.96. The molecule has 1 aliphatic rings. The molecule has 0 bridgehead atoms. The second kappa shape index (κ2) is 4.93. The first-order valence-electron chi connectivity index (χ1n) is 5.74. The van der Waals surface area contributed by atoms with E-state index >= 15 is 0 Å². The molecule has 1 aliphatic carbocycles. The van der Waals surface area contributed by atoms with E-state index in [1.54, 1.807) is 14.0 Å². The van der Waals surface area contributed by atoms with Gasteiger partial charge in [0.2, 0.25) is 11.7 Å². The molecule has 0 aromatic carbocycles. The van der Waals surface area contributed by atoms with Crippen LogP contribution < -0.4 is 0 Å². The molecule has 5 heteroatoms. The number of nitrogens with zero attached hydrogens (tertiary/aromatic N) is 2. The minimum absolute atomic E-state index is 0.0240. The molecule has 5 nitrogen and oxygen atoms in total. The first kappa shape index (κ1) is 11.5. The van der Waals surface area contributed by atoms with Gasteiger partial charge in [0.05, 0.1) is 6.10 Å². The zero-order valence-corrected chi connectivity index (χ0v) is 9.72. The van der Waals surface area contributed by atoms with Gasteiger partial charge >= 0.3 is 0 Å². The molecule has 0 amide bonds. The number of methoxy groups -OCH3 is 1. The van der Waals surface area contributed by atoms with Gasteiger partial charge in [-0.1, -0.05) is 5.16 Å². The Morgan fingerprint density at radius 2 is 2.31 bits per heavy atom. The lowest BCUT2D eigenvalue weighted by Crippen LogP contribution is -2.06. The highest BCUT2D eigenvalue weighted by molar-refractivity contribution is 4.98. The number of rotatable bonds is 6. The van der Waals surface area contributed by atoms with Crippen molar-refractivity contribution in [1.82, 2.24) is 10.1 Å². The van der Waals surface area contributed by atoms with E-state index in [2.05, 4.69) is 10.1 Å². The Labute approximate surface area is 94.8 Å². The fourth-order valence-corrected chi connectivity index (χ4v) is 1.73. The molecule has 0 saturated heterocycles. The zero-order valence-electron chi connectivity index (χ0n) is 9.72. The van der Waals surface area contributed by atoms with Gasteiger partial charge in [-0.2, -0.15) is 4.98 Å². The van der Waals surface area contributed by atoms with Gasteiger partial charge in [0.15, 0.2) is 0 Å². The van der Waals surface area contributed by atoms with Gasteiger partial charge in [-0.15, -0.1) is 0 Å². The Morgan fingerprint density at radius 1 is 1.56 bits per heavy atom. The maximum absolute atomic E-state index is 9.16. The predicted octanol–water partition coefficient (Wildman–Crippen LogP) is 1.48. The first-order valence-corrected chi connectivity index (χ1v) is 5.74. The summed E-state index contributed by atoms with van der Waals surface area (Å²) in [6, 6.07) is 0. The van der Waals surface area contributed by atoms with Crippen molar-refractivity contribution in [2.75, 3.05) is 7.11 Å². The standard InChI is InChI=1S/C11H18N2O3/c1-7(14)3-6-9-12-11(13-16-9)10(15-2)8-4-5-8/h7-8,10,14H,3-6H2,1-2H3. The third-order valence-corrected chi connectivity index (χ3v) is 2.82. The average molecular weight is 226 g/mol. The van der Waals surface area contributed by atoms with Crippen LogP contribution in [0, 0.1) is 5.92 Å². The monoisotopic (exact) mass is 226 g/mol. The summed E-state index contributed by atoms with van der Waals surface area (Å²) < 4.78 is 10.5. The van der Waals surface area contributed by atoms with Crippen LogP contribution >= 0.6 is 0 Å². The quantitative estimate of drug-likeness (QED) is 0.795.